The molecule has 0 amide bonds. The van der Waals surface area contributed by atoms with Gasteiger partial charge in [-0.25, -0.2) is 8.78 Å². The molecule has 0 aliphatic carbocycles. The van der Waals surface area contributed by atoms with Gasteiger partial charge in [-0.3, -0.25) is 9.97 Å². The summed E-state index contributed by atoms with van der Waals surface area (Å²) < 4.78 is 28.2. The number of halogens is 2. The molecule has 1 aliphatic heterocycles. The Morgan fingerprint density at radius 2 is 1.76 bits per heavy atom. The molecular formula is C26H23F2N5O. The highest BCUT2D eigenvalue weighted by Gasteiger charge is 2.23. The quantitative estimate of drug-likeness (QED) is 0.255. The van der Waals surface area contributed by atoms with Crippen LogP contribution in [0.25, 0.3) is 33.3 Å². The summed E-state index contributed by atoms with van der Waals surface area (Å²) in [4.78, 5) is 11.3. The van der Waals surface area contributed by atoms with Crippen LogP contribution in [0, 0.1) is 11.6 Å². The number of hydrogen-bond donors (Lipinski definition) is 2. The first-order chi connectivity index (χ1) is 16.5. The summed E-state index contributed by atoms with van der Waals surface area (Å²) in [6, 6.07) is 13.0. The molecule has 0 bridgehead atoms. The molecule has 6 nitrogen and oxygen atoms in total. The van der Waals surface area contributed by atoms with Gasteiger partial charge >= 0.3 is 0 Å². The Hall–Kier alpha value is -3.91. The first kappa shape index (κ1) is 21.9. The van der Waals surface area contributed by atoms with E-state index in [2.05, 4.69) is 20.0 Å². The molecule has 1 aliphatic rings. The molecular weight excluding hydrogens is 436 g/mol. The molecule has 0 saturated carbocycles. The summed E-state index contributed by atoms with van der Waals surface area (Å²) >= 11 is 0. The number of aromatic nitrogens is 2. The third-order valence-corrected chi connectivity index (χ3v) is 6.18. The minimum atomic E-state index is -0.642. The van der Waals surface area contributed by atoms with E-state index in [1.54, 1.807) is 18.5 Å². The van der Waals surface area contributed by atoms with Crippen LogP contribution in [0.4, 0.5) is 14.5 Å². The van der Waals surface area contributed by atoms with Crippen molar-refractivity contribution in [2.24, 2.45) is 10.9 Å². The number of oxime groups is 1. The Morgan fingerprint density at radius 1 is 1.00 bits per heavy atom. The van der Waals surface area contributed by atoms with Crippen molar-refractivity contribution < 1.29 is 14.0 Å². The summed E-state index contributed by atoms with van der Waals surface area (Å²) in [6.07, 6.45) is 6.31. The predicted octanol–water partition coefficient (Wildman–Crippen LogP) is 4.98. The Balaban J connectivity index is 1.75. The van der Waals surface area contributed by atoms with Crippen LogP contribution in [0.15, 0.2) is 66.1 Å². The molecule has 4 aromatic rings. The summed E-state index contributed by atoms with van der Waals surface area (Å²) in [7, 11) is 0. The van der Waals surface area contributed by atoms with E-state index in [4.69, 9.17) is 10.9 Å². The lowest BCUT2D eigenvalue weighted by molar-refractivity contribution is 0.322. The van der Waals surface area contributed by atoms with E-state index in [9.17, 15) is 8.78 Å². The predicted molar refractivity (Wildman–Crippen MR) is 129 cm³/mol. The van der Waals surface area contributed by atoms with Crippen LogP contribution in [-0.4, -0.2) is 40.5 Å². The number of pyridine rings is 2. The maximum absolute atomic E-state index is 14.1. The van der Waals surface area contributed by atoms with Crippen molar-refractivity contribution in [1.29, 1.82) is 0 Å². The van der Waals surface area contributed by atoms with Gasteiger partial charge in [-0.2, -0.15) is 0 Å². The Labute approximate surface area is 195 Å². The Bertz CT molecular complexity index is 1360. The standard InChI is InChI=1S/C26H23F2N5O/c27-19-10-18(11-20(28)13-19)23-15-31-24-4-3-16(25-17(14-32-34)2-1-7-30-25)12-22(24)26(23)33-8-5-21(29)6-9-33/h1-4,7,10-15,21,34H,5-6,8-9,29H2/b32-14+. The molecule has 172 valence electrons. The van der Waals surface area contributed by atoms with Crippen LogP contribution in [0.3, 0.4) is 0 Å². The number of benzene rings is 2. The molecule has 0 spiro atoms. The van der Waals surface area contributed by atoms with Crippen LogP contribution >= 0.6 is 0 Å². The molecule has 8 heteroatoms. The van der Waals surface area contributed by atoms with Crippen molar-refractivity contribution in [3.8, 4) is 22.4 Å². The van der Waals surface area contributed by atoms with Crippen LogP contribution in [-0.2, 0) is 0 Å². The van der Waals surface area contributed by atoms with Crippen molar-refractivity contribution in [1.82, 2.24) is 9.97 Å². The van der Waals surface area contributed by atoms with E-state index in [1.165, 1.54) is 18.3 Å². The maximum Gasteiger partial charge on any atom is 0.126 e. The van der Waals surface area contributed by atoms with Crippen molar-refractivity contribution in [3.05, 3.63) is 78.1 Å². The molecule has 2 aromatic heterocycles. The van der Waals surface area contributed by atoms with Crippen molar-refractivity contribution in [2.75, 3.05) is 18.0 Å². The molecule has 0 radical (unpaired) electrons. The summed E-state index contributed by atoms with van der Waals surface area (Å²) in [5, 5.41) is 13.1. The maximum atomic E-state index is 14.1. The Morgan fingerprint density at radius 3 is 2.50 bits per heavy atom. The second kappa shape index (κ2) is 9.15. The number of rotatable bonds is 4. The van der Waals surface area contributed by atoms with Gasteiger partial charge in [-0.05, 0) is 54.8 Å². The van der Waals surface area contributed by atoms with Crippen molar-refractivity contribution in [2.45, 2.75) is 18.9 Å². The molecule has 5 rings (SSSR count). The van der Waals surface area contributed by atoms with E-state index >= 15 is 0 Å². The molecule has 34 heavy (non-hydrogen) atoms. The largest absolute Gasteiger partial charge is 0.411 e. The monoisotopic (exact) mass is 459 g/mol. The van der Waals surface area contributed by atoms with E-state index < -0.39 is 11.6 Å². The number of nitrogens with zero attached hydrogens (tertiary/aromatic N) is 4. The third kappa shape index (κ3) is 4.20. The first-order valence-electron chi connectivity index (χ1n) is 11.1. The summed E-state index contributed by atoms with van der Waals surface area (Å²) in [5.41, 5.74) is 10.9. The minimum absolute atomic E-state index is 0.129. The van der Waals surface area contributed by atoms with E-state index in [0.29, 0.717) is 22.4 Å². The highest BCUT2D eigenvalue weighted by atomic mass is 19.1. The molecule has 2 aromatic carbocycles. The number of nitrogens with two attached hydrogens (primary N) is 1. The smallest absolute Gasteiger partial charge is 0.126 e. The second-order valence-electron chi connectivity index (χ2n) is 8.42. The normalized spacial score (nSPS) is 14.9. The van der Waals surface area contributed by atoms with Gasteiger partial charge < -0.3 is 15.8 Å². The molecule has 1 saturated heterocycles. The topological polar surface area (TPSA) is 87.6 Å². The highest BCUT2D eigenvalue weighted by molar-refractivity contribution is 6.02. The fourth-order valence-corrected chi connectivity index (χ4v) is 4.54. The lowest BCUT2D eigenvalue weighted by atomic mass is 9.96. The zero-order chi connectivity index (χ0) is 23.7. The van der Waals surface area contributed by atoms with E-state index in [1.807, 2.05) is 24.3 Å². The number of anilines is 1. The van der Waals surface area contributed by atoms with E-state index in [0.717, 1.165) is 54.2 Å². The number of fused-ring (bicyclic) bond motifs is 1. The van der Waals surface area contributed by atoms with Crippen LogP contribution < -0.4 is 10.6 Å². The Kier molecular flexibility index (Phi) is 5.90. The first-order valence-corrected chi connectivity index (χ1v) is 11.1. The third-order valence-electron chi connectivity index (χ3n) is 6.18. The fourth-order valence-electron chi connectivity index (χ4n) is 4.54. The van der Waals surface area contributed by atoms with Gasteiger partial charge in [0.2, 0.25) is 0 Å². The van der Waals surface area contributed by atoms with Crippen molar-refractivity contribution in [3.63, 3.8) is 0 Å². The van der Waals surface area contributed by atoms with E-state index in [-0.39, 0.29) is 6.04 Å². The second-order valence-corrected chi connectivity index (χ2v) is 8.42. The highest BCUT2D eigenvalue weighted by Crippen LogP contribution is 2.39. The zero-order valence-corrected chi connectivity index (χ0v) is 18.3. The molecule has 1 fully saturated rings. The number of hydrogen-bond acceptors (Lipinski definition) is 6. The molecule has 0 atom stereocenters. The summed E-state index contributed by atoms with van der Waals surface area (Å²) in [6.45, 7) is 1.45. The van der Waals surface area contributed by atoms with Crippen LogP contribution in [0.1, 0.15) is 18.4 Å². The zero-order valence-electron chi connectivity index (χ0n) is 18.3. The van der Waals surface area contributed by atoms with Crippen LogP contribution in [0.2, 0.25) is 0 Å². The van der Waals surface area contributed by atoms with Gasteiger partial charge in [-0.15, -0.1) is 0 Å². The lowest BCUT2D eigenvalue weighted by Gasteiger charge is -2.34. The van der Waals surface area contributed by atoms with Gasteiger partial charge in [0.1, 0.15) is 11.6 Å². The van der Waals surface area contributed by atoms with Crippen molar-refractivity contribution >= 4 is 22.8 Å². The van der Waals surface area contributed by atoms with Gasteiger partial charge in [0.15, 0.2) is 0 Å². The average Bonchev–Trinajstić information content (AvgIpc) is 2.83. The number of piperidine rings is 1. The van der Waals surface area contributed by atoms with Gasteiger partial charge in [0, 0.05) is 59.7 Å². The van der Waals surface area contributed by atoms with Gasteiger partial charge in [0.05, 0.1) is 23.1 Å². The SMILES string of the molecule is NC1CCN(c2c(-c3cc(F)cc(F)c3)cnc3ccc(-c4ncccc4/C=N/O)cc23)CC1. The molecule has 3 heterocycles. The lowest BCUT2D eigenvalue weighted by Crippen LogP contribution is -2.40. The van der Waals surface area contributed by atoms with Crippen LogP contribution in [0.5, 0.6) is 0 Å². The fraction of sp³-hybridized carbons (Fsp3) is 0.192. The molecule has 3 N–H and O–H groups in total. The summed E-state index contributed by atoms with van der Waals surface area (Å²) in [5.74, 6) is -1.28. The minimum Gasteiger partial charge on any atom is -0.411 e. The van der Waals surface area contributed by atoms with Gasteiger partial charge in [-0.1, -0.05) is 11.2 Å². The molecule has 0 unspecified atom stereocenters. The average molecular weight is 460 g/mol. The van der Waals surface area contributed by atoms with Gasteiger partial charge in [0.25, 0.3) is 0 Å².